The molecule has 0 saturated carbocycles. The van der Waals surface area contributed by atoms with E-state index in [1.807, 2.05) is 54.1 Å². The highest BCUT2D eigenvalue weighted by Gasteiger charge is 2.31. The number of pyridine rings is 3. The zero-order valence-electron chi connectivity index (χ0n) is 29.6. The minimum absolute atomic E-state index is 0.112. The van der Waals surface area contributed by atoms with Gasteiger partial charge in [0, 0.05) is 56.7 Å². The second-order valence-corrected chi connectivity index (χ2v) is 15.3. The molecule has 0 spiro atoms. The molecular formula is C48H36N4S. The Labute approximate surface area is 313 Å². The summed E-state index contributed by atoms with van der Waals surface area (Å²) in [5.41, 5.74) is 12.1. The molecule has 2 aliphatic rings. The minimum atomic E-state index is 0.112. The predicted molar refractivity (Wildman–Crippen MR) is 222 cm³/mol. The topological polar surface area (TPSA) is 51.0 Å². The van der Waals surface area contributed by atoms with Crippen LogP contribution in [0.15, 0.2) is 157 Å². The van der Waals surface area contributed by atoms with Gasteiger partial charge >= 0.3 is 0 Å². The molecule has 8 aromatic rings. The molecule has 4 aromatic heterocycles. The first kappa shape index (κ1) is 31.7. The lowest BCUT2D eigenvalue weighted by atomic mass is 9.79. The molecule has 0 fully saturated rings. The van der Waals surface area contributed by atoms with Gasteiger partial charge in [0.1, 0.15) is 0 Å². The molecule has 3 atom stereocenters. The third-order valence-corrected chi connectivity index (χ3v) is 12.2. The molecule has 4 nitrogen and oxygen atoms in total. The number of allylic oxidation sites excluding steroid dienone is 2. The van der Waals surface area contributed by atoms with Crippen molar-refractivity contribution in [1.82, 2.24) is 15.0 Å². The summed E-state index contributed by atoms with van der Waals surface area (Å²) in [7, 11) is 0. The van der Waals surface area contributed by atoms with E-state index in [0.717, 1.165) is 34.9 Å². The quantitative estimate of drug-likeness (QED) is 0.180. The molecule has 53 heavy (non-hydrogen) atoms. The second kappa shape index (κ2) is 12.9. The highest BCUT2D eigenvalue weighted by Crippen LogP contribution is 2.49. The normalized spacial score (nSPS) is 18.5. The molecular weight excluding hydrogens is 665 g/mol. The Morgan fingerprint density at radius 2 is 1.40 bits per heavy atom. The molecule has 1 aliphatic carbocycles. The standard InChI is InChI=1S/C48H36N4S/c1-29-20-25-35(32-21-23-33(24-22-32)38-28-41(39-17-7-9-26-49-39)51-46(30(38)2)40-18-8-10-27-50-40)43-44-37-15-5-6-19-42(37)53-48(44)47(52-45(29)43)36-16-11-13-31-12-3-4-14-34(31)36/h3-19,21-30,38H,20H2,1-2H3. The number of aromatic nitrogens is 3. The smallest absolute Gasteiger partial charge is 0.0890 e. The van der Waals surface area contributed by atoms with Gasteiger partial charge in [0.25, 0.3) is 0 Å². The van der Waals surface area contributed by atoms with Gasteiger partial charge in [-0.25, -0.2) is 4.99 Å². The first-order valence-corrected chi connectivity index (χ1v) is 19.2. The van der Waals surface area contributed by atoms with Gasteiger partial charge in [0.2, 0.25) is 0 Å². The van der Waals surface area contributed by atoms with Crippen molar-refractivity contribution < 1.29 is 0 Å². The molecule has 0 N–H and O–H groups in total. The van der Waals surface area contributed by atoms with E-state index in [1.165, 1.54) is 64.5 Å². The molecule has 10 rings (SSSR count). The summed E-state index contributed by atoms with van der Waals surface area (Å²) in [5, 5.41) is 5.10. The molecule has 5 heteroatoms. The van der Waals surface area contributed by atoms with Crippen LogP contribution in [0, 0.1) is 5.92 Å². The molecule has 5 heterocycles. The largest absolute Gasteiger partial charge is 0.255 e. The maximum atomic E-state index is 5.63. The Morgan fingerprint density at radius 3 is 2.19 bits per heavy atom. The van der Waals surface area contributed by atoms with E-state index in [-0.39, 0.29) is 11.8 Å². The monoisotopic (exact) mass is 700 g/mol. The van der Waals surface area contributed by atoms with Gasteiger partial charge in [0.05, 0.1) is 38.9 Å². The van der Waals surface area contributed by atoms with Crippen LogP contribution in [0.2, 0.25) is 0 Å². The van der Waals surface area contributed by atoms with Crippen LogP contribution < -0.4 is 0 Å². The van der Waals surface area contributed by atoms with Crippen molar-refractivity contribution in [3.05, 3.63) is 186 Å². The molecule has 0 bridgehead atoms. The maximum absolute atomic E-state index is 5.63. The zero-order valence-corrected chi connectivity index (χ0v) is 30.4. The summed E-state index contributed by atoms with van der Waals surface area (Å²) >= 11 is 1.86. The highest BCUT2D eigenvalue weighted by atomic mass is 32.1. The minimum Gasteiger partial charge on any atom is -0.255 e. The summed E-state index contributed by atoms with van der Waals surface area (Å²) < 4.78 is 2.54. The van der Waals surface area contributed by atoms with E-state index >= 15 is 0 Å². The molecule has 0 saturated heterocycles. The van der Waals surface area contributed by atoms with Gasteiger partial charge in [-0.15, -0.1) is 11.3 Å². The van der Waals surface area contributed by atoms with Gasteiger partial charge in [-0.1, -0.05) is 117 Å². The van der Waals surface area contributed by atoms with Gasteiger partial charge < -0.3 is 0 Å². The SMILES string of the molecule is CC1CC=C(c2ccc(C3C=C(c4ccccn4)N=C(c4ccccn4)C3C)cc2)c2c1nc(-c1cccc3ccccc13)c1sc3ccccc3c21. The number of hydrogen-bond donors (Lipinski definition) is 0. The van der Waals surface area contributed by atoms with Crippen molar-refractivity contribution >= 4 is 59.3 Å². The third kappa shape index (κ3) is 5.34. The van der Waals surface area contributed by atoms with E-state index in [4.69, 9.17) is 15.0 Å². The van der Waals surface area contributed by atoms with E-state index in [9.17, 15) is 0 Å². The number of nitrogens with zero attached hydrogens (tertiary/aromatic N) is 4. The van der Waals surface area contributed by atoms with Gasteiger partial charge in [-0.3, -0.25) is 15.0 Å². The number of aliphatic imine (C=N–C) groups is 1. The lowest BCUT2D eigenvalue weighted by molar-refractivity contribution is 0.669. The second-order valence-electron chi connectivity index (χ2n) is 14.2. The molecule has 254 valence electrons. The van der Waals surface area contributed by atoms with E-state index in [2.05, 4.69) is 128 Å². The van der Waals surface area contributed by atoms with Crippen molar-refractivity contribution in [3.63, 3.8) is 0 Å². The predicted octanol–water partition coefficient (Wildman–Crippen LogP) is 12.3. The summed E-state index contributed by atoms with van der Waals surface area (Å²) in [4.78, 5) is 20.1. The third-order valence-electron chi connectivity index (χ3n) is 11.0. The molecule has 4 aromatic carbocycles. The van der Waals surface area contributed by atoms with Crippen molar-refractivity contribution in [3.8, 4) is 11.3 Å². The first-order valence-electron chi connectivity index (χ1n) is 18.4. The molecule has 1 aliphatic heterocycles. The van der Waals surface area contributed by atoms with Crippen LogP contribution in [0.5, 0.6) is 0 Å². The summed E-state index contributed by atoms with van der Waals surface area (Å²) in [6.07, 6.45) is 9.35. The van der Waals surface area contributed by atoms with E-state index < -0.39 is 0 Å². The van der Waals surface area contributed by atoms with Crippen molar-refractivity contribution in [2.75, 3.05) is 0 Å². The van der Waals surface area contributed by atoms with Crippen molar-refractivity contribution in [1.29, 1.82) is 0 Å². The van der Waals surface area contributed by atoms with Crippen LogP contribution in [0.25, 0.3) is 53.5 Å². The molecule has 0 amide bonds. The van der Waals surface area contributed by atoms with Gasteiger partial charge in [-0.05, 0) is 70.3 Å². The number of thiophene rings is 1. The highest BCUT2D eigenvalue weighted by molar-refractivity contribution is 7.26. The number of fused-ring (bicyclic) bond motifs is 6. The van der Waals surface area contributed by atoms with Crippen LogP contribution >= 0.6 is 11.3 Å². The first-order chi connectivity index (χ1) is 26.1. The summed E-state index contributed by atoms with van der Waals surface area (Å²) in [5.74, 6) is 0.542. The van der Waals surface area contributed by atoms with Crippen LogP contribution in [0.1, 0.15) is 65.9 Å². The average Bonchev–Trinajstić information content (AvgIpc) is 3.61. The fraction of sp³-hybridized carbons (Fsp3) is 0.125. The zero-order chi connectivity index (χ0) is 35.5. The maximum Gasteiger partial charge on any atom is 0.0890 e. The van der Waals surface area contributed by atoms with Crippen LogP contribution in [0.4, 0.5) is 0 Å². The Kier molecular flexibility index (Phi) is 7.69. The molecule has 3 unspecified atom stereocenters. The van der Waals surface area contributed by atoms with Gasteiger partial charge in [0.15, 0.2) is 0 Å². The summed E-state index contributed by atoms with van der Waals surface area (Å²) in [6.45, 7) is 4.59. The Bertz CT molecular complexity index is 2770. The number of benzene rings is 4. The van der Waals surface area contributed by atoms with E-state index in [1.54, 1.807) is 0 Å². The summed E-state index contributed by atoms with van der Waals surface area (Å²) in [6, 6.07) is 45.4. The van der Waals surface area contributed by atoms with Gasteiger partial charge in [-0.2, -0.15) is 0 Å². The van der Waals surface area contributed by atoms with E-state index in [0.29, 0.717) is 5.92 Å². The fourth-order valence-corrected chi connectivity index (χ4v) is 9.53. The fourth-order valence-electron chi connectivity index (χ4n) is 8.31. The average molecular weight is 701 g/mol. The Balaban J connectivity index is 1.11. The lowest BCUT2D eigenvalue weighted by Crippen LogP contribution is -2.24. The number of hydrogen-bond acceptors (Lipinski definition) is 5. The number of rotatable bonds is 5. The Morgan fingerprint density at radius 1 is 0.679 bits per heavy atom. The molecule has 0 radical (unpaired) electrons. The van der Waals surface area contributed by atoms with Crippen molar-refractivity contribution in [2.24, 2.45) is 10.9 Å². The van der Waals surface area contributed by atoms with Crippen molar-refractivity contribution in [2.45, 2.75) is 32.1 Å². The lowest BCUT2D eigenvalue weighted by Gasteiger charge is -2.28. The Hall–Kier alpha value is -6.04. The van der Waals surface area contributed by atoms with Crippen LogP contribution in [-0.4, -0.2) is 20.7 Å². The van der Waals surface area contributed by atoms with Crippen LogP contribution in [0.3, 0.4) is 0 Å². The van der Waals surface area contributed by atoms with Crippen LogP contribution in [-0.2, 0) is 0 Å².